The number of nitrogens with one attached hydrogen (secondary N) is 1. The van der Waals surface area contributed by atoms with Crippen molar-refractivity contribution in [2.45, 2.75) is 56.9 Å². The Balaban J connectivity index is 1.83. The number of carbonyl (C=O) groups excluding carboxylic acids is 1. The molecule has 146 valence electrons. The van der Waals surface area contributed by atoms with E-state index in [9.17, 15) is 13.2 Å². The Labute approximate surface area is 159 Å². The minimum Gasteiger partial charge on any atom is -0.308 e. The minimum absolute atomic E-state index is 0.00284. The topological polar surface area (TPSA) is 107 Å². The Morgan fingerprint density at radius 3 is 2.63 bits per heavy atom. The number of aromatic nitrogens is 4. The van der Waals surface area contributed by atoms with E-state index in [1.165, 1.54) is 23.3 Å². The van der Waals surface area contributed by atoms with E-state index in [4.69, 9.17) is 0 Å². The van der Waals surface area contributed by atoms with Crippen molar-refractivity contribution >= 4 is 21.6 Å². The first-order valence-electron chi connectivity index (χ1n) is 9.25. The van der Waals surface area contributed by atoms with Crippen LogP contribution in [0.5, 0.6) is 0 Å². The van der Waals surface area contributed by atoms with Crippen LogP contribution in [-0.4, -0.2) is 39.8 Å². The Kier molecular flexibility index (Phi) is 5.88. The molecule has 1 aliphatic carbocycles. The highest BCUT2D eigenvalue weighted by Gasteiger charge is 2.28. The number of carbonyl (C=O) groups is 1. The van der Waals surface area contributed by atoms with Crippen molar-refractivity contribution in [3.8, 4) is 0 Å². The summed E-state index contributed by atoms with van der Waals surface area (Å²) in [6.45, 7) is 3.41. The van der Waals surface area contributed by atoms with Crippen LogP contribution < -0.4 is 5.32 Å². The van der Waals surface area contributed by atoms with E-state index in [0.29, 0.717) is 18.2 Å². The van der Waals surface area contributed by atoms with E-state index < -0.39 is 15.9 Å². The minimum atomic E-state index is -3.36. The maximum Gasteiger partial charge on any atom is 0.250 e. The molecule has 0 bridgehead atoms. The molecule has 2 aromatic rings. The zero-order chi connectivity index (χ0) is 19.4. The number of hydrogen-bond donors (Lipinski definition) is 1. The molecule has 1 aliphatic rings. The van der Waals surface area contributed by atoms with Gasteiger partial charge in [0.1, 0.15) is 10.9 Å². The van der Waals surface area contributed by atoms with E-state index in [1.807, 2.05) is 6.92 Å². The molecule has 0 aromatic carbocycles. The van der Waals surface area contributed by atoms with Gasteiger partial charge in [-0.3, -0.25) is 14.5 Å². The maximum atomic E-state index is 12.9. The van der Waals surface area contributed by atoms with Crippen LogP contribution in [0.1, 0.15) is 50.8 Å². The average molecular weight is 391 g/mol. The molecule has 8 nitrogen and oxygen atoms in total. The van der Waals surface area contributed by atoms with Crippen LogP contribution in [0.25, 0.3) is 0 Å². The van der Waals surface area contributed by atoms with Gasteiger partial charge in [-0.1, -0.05) is 32.6 Å². The number of aryl methyl sites for hydroxylation is 1. The van der Waals surface area contributed by atoms with Gasteiger partial charge in [-0.2, -0.15) is 5.10 Å². The van der Waals surface area contributed by atoms with Crippen molar-refractivity contribution < 1.29 is 13.2 Å². The second-order valence-electron chi connectivity index (χ2n) is 6.99. The molecular formula is C18H25N5O3S. The van der Waals surface area contributed by atoms with Crippen LogP contribution in [0.4, 0.5) is 5.82 Å². The van der Waals surface area contributed by atoms with Crippen LogP contribution in [0.3, 0.4) is 0 Å². The zero-order valence-electron chi connectivity index (χ0n) is 15.6. The van der Waals surface area contributed by atoms with Crippen LogP contribution in [0.2, 0.25) is 0 Å². The molecule has 0 spiro atoms. The lowest BCUT2D eigenvalue weighted by Crippen LogP contribution is -2.28. The summed E-state index contributed by atoms with van der Waals surface area (Å²) in [5.74, 6) is 0.538. The van der Waals surface area contributed by atoms with Gasteiger partial charge < -0.3 is 5.32 Å². The largest absolute Gasteiger partial charge is 0.308 e. The summed E-state index contributed by atoms with van der Waals surface area (Å²) in [4.78, 5) is 21.4. The van der Waals surface area contributed by atoms with Crippen molar-refractivity contribution in [3.05, 3.63) is 30.5 Å². The summed E-state index contributed by atoms with van der Waals surface area (Å²) in [5, 5.41) is 6.97. The Morgan fingerprint density at radius 2 is 2.00 bits per heavy atom. The molecule has 0 saturated heterocycles. The SMILES string of the molecule is CCS(=O)(=O)c1cnn(C(CC2CCCC2)C(=O)Nc2cnc(C)cn2)c1. The summed E-state index contributed by atoms with van der Waals surface area (Å²) in [7, 11) is -3.36. The highest BCUT2D eigenvalue weighted by Crippen LogP contribution is 2.32. The van der Waals surface area contributed by atoms with Gasteiger partial charge in [-0.25, -0.2) is 13.4 Å². The van der Waals surface area contributed by atoms with Crippen LogP contribution >= 0.6 is 0 Å². The van der Waals surface area contributed by atoms with Gasteiger partial charge in [0, 0.05) is 6.20 Å². The zero-order valence-corrected chi connectivity index (χ0v) is 16.4. The van der Waals surface area contributed by atoms with E-state index in [2.05, 4.69) is 20.4 Å². The molecule has 3 rings (SSSR count). The summed E-state index contributed by atoms with van der Waals surface area (Å²) >= 11 is 0. The molecule has 2 heterocycles. The molecular weight excluding hydrogens is 366 g/mol. The standard InChI is InChI=1S/C18H25N5O3S/c1-3-27(25,26)15-10-21-23(12-15)16(8-14-6-4-5-7-14)18(24)22-17-11-19-13(2)9-20-17/h9-12,14,16H,3-8H2,1-2H3,(H,20,22,24). The molecule has 27 heavy (non-hydrogen) atoms. The molecule has 1 atom stereocenters. The Hall–Kier alpha value is -2.29. The van der Waals surface area contributed by atoms with Crippen molar-refractivity contribution in [3.63, 3.8) is 0 Å². The molecule has 1 saturated carbocycles. The van der Waals surface area contributed by atoms with Crippen LogP contribution in [0.15, 0.2) is 29.7 Å². The highest BCUT2D eigenvalue weighted by molar-refractivity contribution is 7.91. The molecule has 1 fully saturated rings. The molecule has 9 heteroatoms. The first-order chi connectivity index (χ1) is 12.9. The fourth-order valence-electron chi connectivity index (χ4n) is 3.38. The third kappa shape index (κ3) is 4.71. The maximum absolute atomic E-state index is 12.9. The second kappa shape index (κ2) is 8.16. The first-order valence-corrected chi connectivity index (χ1v) is 10.9. The smallest absolute Gasteiger partial charge is 0.250 e. The Morgan fingerprint density at radius 1 is 1.26 bits per heavy atom. The lowest BCUT2D eigenvalue weighted by atomic mass is 9.98. The van der Waals surface area contributed by atoms with Gasteiger partial charge in [0.15, 0.2) is 15.7 Å². The number of hydrogen-bond acceptors (Lipinski definition) is 6. The van der Waals surface area contributed by atoms with Gasteiger partial charge in [0.2, 0.25) is 5.91 Å². The number of nitrogens with zero attached hydrogens (tertiary/aromatic N) is 4. The van der Waals surface area contributed by atoms with Crippen molar-refractivity contribution in [1.29, 1.82) is 0 Å². The van der Waals surface area contributed by atoms with Gasteiger partial charge >= 0.3 is 0 Å². The van der Waals surface area contributed by atoms with E-state index in [1.54, 1.807) is 13.1 Å². The molecule has 2 aromatic heterocycles. The lowest BCUT2D eigenvalue weighted by Gasteiger charge is -2.20. The third-order valence-corrected chi connectivity index (χ3v) is 6.69. The normalized spacial score (nSPS) is 16.4. The van der Waals surface area contributed by atoms with Gasteiger partial charge in [-0.15, -0.1) is 0 Å². The van der Waals surface area contributed by atoms with Gasteiger partial charge in [-0.05, 0) is 19.3 Å². The lowest BCUT2D eigenvalue weighted by molar-refractivity contribution is -0.120. The molecule has 1 unspecified atom stereocenters. The summed E-state index contributed by atoms with van der Waals surface area (Å²) in [6, 6.07) is -0.586. The van der Waals surface area contributed by atoms with Gasteiger partial charge in [0.25, 0.3) is 0 Å². The van der Waals surface area contributed by atoms with Crippen molar-refractivity contribution in [1.82, 2.24) is 19.7 Å². The number of sulfone groups is 1. The van der Waals surface area contributed by atoms with Crippen LogP contribution in [0, 0.1) is 12.8 Å². The monoisotopic (exact) mass is 391 g/mol. The van der Waals surface area contributed by atoms with E-state index in [-0.39, 0.29) is 16.6 Å². The van der Waals surface area contributed by atoms with E-state index in [0.717, 1.165) is 31.4 Å². The Bertz CT molecular complexity index is 886. The first kappa shape index (κ1) is 19.5. The van der Waals surface area contributed by atoms with Crippen molar-refractivity contribution in [2.75, 3.05) is 11.1 Å². The molecule has 1 N–H and O–H groups in total. The van der Waals surface area contributed by atoms with Crippen molar-refractivity contribution in [2.24, 2.45) is 5.92 Å². The number of amides is 1. The summed E-state index contributed by atoms with van der Waals surface area (Å²) < 4.78 is 25.7. The highest BCUT2D eigenvalue weighted by atomic mass is 32.2. The predicted octanol–water partition coefficient (Wildman–Crippen LogP) is 2.54. The van der Waals surface area contributed by atoms with E-state index >= 15 is 0 Å². The number of anilines is 1. The average Bonchev–Trinajstić information content (AvgIpc) is 3.33. The number of rotatable bonds is 7. The molecule has 1 amide bonds. The second-order valence-corrected chi connectivity index (χ2v) is 9.27. The fourth-order valence-corrected chi connectivity index (χ4v) is 4.19. The quantitative estimate of drug-likeness (QED) is 0.777. The fraction of sp³-hybridized carbons (Fsp3) is 0.556. The molecule has 0 aliphatic heterocycles. The molecule has 0 radical (unpaired) electrons. The predicted molar refractivity (Wildman–Crippen MR) is 101 cm³/mol. The third-order valence-electron chi connectivity index (χ3n) is 5.00. The summed E-state index contributed by atoms with van der Waals surface area (Å²) in [5.41, 5.74) is 0.761. The van der Waals surface area contributed by atoms with Gasteiger partial charge in [0.05, 0.1) is 30.0 Å². The summed E-state index contributed by atoms with van der Waals surface area (Å²) in [6.07, 6.45) is 11.0. The van der Waals surface area contributed by atoms with Crippen LogP contribution in [-0.2, 0) is 14.6 Å².